The van der Waals surface area contributed by atoms with E-state index in [0.29, 0.717) is 6.54 Å². The second kappa shape index (κ2) is 7.29. The lowest BCUT2D eigenvalue weighted by Crippen LogP contribution is -2.41. The second-order valence-corrected chi connectivity index (χ2v) is 5.34. The van der Waals surface area contributed by atoms with Gasteiger partial charge in [0.05, 0.1) is 11.5 Å². The van der Waals surface area contributed by atoms with E-state index < -0.39 is 5.41 Å². The number of hydrogen-bond acceptors (Lipinski definition) is 3. The van der Waals surface area contributed by atoms with Crippen LogP contribution in [0.4, 0.5) is 5.69 Å². The van der Waals surface area contributed by atoms with E-state index in [9.17, 15) is 4.79 Å². The van der Waals surface area contributed by atoms with Crippen molar-refractivity contribution >= 4 is 11.6 Å². The summed E-state index contributed by atoms with van der Waals surface area (Å²) in [5.41, 5.74) is 6.07. The fourth-order valence-electron chi connectivity index (χ4n) is 2.11. The van der Waals surface area contributed by atoms with E-state index in [-0.39, 0.29) is 12.0 Å². The van der Waals surface area contributed by atoms with E-state index in [0.717, 1.165) is 24.3 Å². The number of nitrogens with two attached hydrogens (primary N) is 1. The van der Waals surface area contributed by atoms with E-state index in [1.807, 2.05) is 52.0 Å². The van der Waals surface area contributed by atoms with Crippen LogP contribution < -0.4 is 15.8 Å². The predicted molar refractivity (Wildman–Crippen MR) is 82.9 cm³/mol. The molecule has 0 saturated heterocycles. The number of ether oxygens (including phenoxy) is 1. The maximum Gasteiger partial charge on any atom is 0.231 e. The van der Waals surface area contributed by atoms with Crippen molar-refractivity contribution in [3.05, 3.63) is 24.3 Å². The molecular formula is C16H26N2O2. The fourth-order valence-corrected chi connectivity index (χ4v) is 2.11. The zero-order valence-corrected chi connectivity index (χ0v) is 12.9. The molecule has 0 aromatic heterocycles. The van der Waals surface area contributed by atoms with Gasteiger partial charge < -0.3 is 15.8 Å². The fraction of sp³-hybridized carbons (Fsp3) is 0.562. The van der Waals surface area contributed by atoms with Gasteiger partial charge in [-0.1, -0.05) is 13.8 Å². The minimum atomic E-state index is -0.479. The highest BCUT2D eigenvalue weighted by molar-refractivity contribution is 5.95. The minimum absolute atomic E-state index is 0.0115. The third-order valence-electron chi connectivity index (χ3n) is 3.71. The molecule has 4 heteroatoms. The van der Waals surface area contributed by atoms with Crippen LogP contribution in [0, 0.1) is 5.41 Å². The standard InChI is InChI=1S/C16H26N2O2/c1-5-16(6-2,11-17)15(19)18-13-7-9-14(10-8-13)20-12(3)4/h7-10,12H,5-6,11,17H2,1-4H3,(H,18,19). The topological polar surface area (TPSA) is 64.4 Å². The molecular weight excluding hydrogens is 252 g/mol. The summed E-state index contributed by atoms with van der Waals surface area (Å²) in [5.74, 6) is 0.789. The highest BCUT2D eigenvalue weighted by Gasteiger charge is 2.33. The van der Waals surface area contributed by atoms with Gasteiger partial charge in [0.15, 0.2) is 0 Å². The smallest absolute Gasteiger partial charge is 0.231 e. The van der Waals surface area contributed by atoms with Crippen molar-refractivity contribution in [3.63, 3.8) is 0 Å². The summed E-state index contributed by atoms with van der Waals surface area (Å²) in [6, 6.07) is 7.42. The summed E-state index contributed by atoms with van der Waals surface area (Å²) in [5, 5.41) is 2.94. The van der Waals surface area contributed by atoms with Gasteiger partial charge >= 0.3 is 0 Å². The Kier molecular flexibility index (Phi) is 6.02. The Balaban J connectivity index is 2.75. The summed E-state index contributed by atoms with van der Waals surface area (Å²) in [6.45, 7) is 8.31. The number of nitrogens with one attached hydrogen (secondary N) is 1. The van der Waals surface area contributed by atoms with Crippen LogP contribution in [-0.2, 0) is 4.79 Å². The first kappa shape index (κ1) is 16.5. The number of rotatable bonds is 7. The van der Waals surface area contributed by atoms with Crippen LogP contribution in [0.2, 0.25) is 0 Å². The van der Waals surface area contributed by atoms with Crippen LogP contribution >= 0.6 is 0 Å². The van der Waals surface area contributed by atoms with Gasteiger partial charge in [0.25, 0.3) is 0 Å². The summed E-state index contributed by atoms with van der Waals surface area (Å²) in [7, 11) is 0. The van der Waals surface area contributed by atoms with Crippen LogP contribution in [0.5, 0.6) is 5.75 Å². The Labute approximate surface area is 121 Å². The van der Waals surface area contributed by atoms with E-state index >= 15 is 0 Å². The molecule has 0 unspecified atom stereocenters. The molecule has 0 aliphatic rings. The Morgan fingerprint density at radius 1 is 1.25 bits per heavy atom. The van der Waals surface area contributed by atoms with Crippen LogP contribution in [0.1, 0.15) is 40.5 Å². The molecule has 0 saturated carbocycles. The summed E-state index contributed by atoms with van der Waals surface area (Å²) in [4.78, 5) is 12.4. The Hall–Kier alpha value is -1.55. The van der Waals surface area contributed by atoms with E-state index in [2.05, 4.69) is 5.32 Å². The highest BCUT2D eigenvalue weighted by atomic mass is 16.5. The lowest BCUT2D eigenvalue weighted by molar-refractivity contribution is -0.125. The van der Waals surface area contributed by atoms with Crippen molar-refractivity contribution < 1.29 is 9.53 Å². The van der Waals surface area contributed by atoms with Gasteiger partial charge in [-0.25, -0.2) is 0 Å². The molecule has 1 aromatic carbocycles. The Morgan fingerprint density at radius 3 is 2.20 bits per heavy atom. The number of hydrogen-bond donors (Lipinski definition) is 2. The Bertz CT molecular complexity index is 414. The summed E-state index contributed by atoms with van der Waals surface area (Å²) >= 11 is 0. The van der Waals surface area contributed by atoms with Gasteiger partial charge in [0.1, 0.15) is 5.75 Å². The monoisotopic (exact) mass is 278 g/mol. The third kappa shape index (κ3) is 3.97. The van der Waals surface area contributed by atoms with Crippen molar-refractivity contribution in [2.45, 2.75) is 46.6 Å². The van der Waals surface area contributed by atoms with Gasteiger partial charge in [0, 0.05) is 12.2 Å². The first-order valence-corrected chi connectivity index (χ1v) is 7.25. The zero-order valence-electron chi connectivity index (χ0n) is 12.9. The van der Waals surface area contributed by atoms with Gasteiger partial charge in [-0.2, -0.15) is 0 Å². The molecule has 1 amide bonds. The van der Waals surface area contributed by atoms with Gasteiger partial charge in [-0.3, -0.25) is 4.79 Å². The molecule has 1 rings (SSSR count). The Morgan fingerprint density at radius 2 is 1.80 bits per heavy atom. The van der Waals surface area contributed by atoms with Crippen molar-refractivity contribution in [2.24, 2.45) is 11.1 Å². The van der Waals surface area contributed by atoms with Crippen molar-refractivity contribution in [3.8, 4) is 5.75 Å². The molecule has 1 aromatic rings. The van der Waals surface area contributed by atoms with Crippen LogP contribution in [0.3, 0.4) is 0 Å². The number of carbonyl (C=O) groups excluding carboxylic acids is 1. The van der Waals surface area contributed by atoms with Crippen molar-refractivity contribution in [2.75, 3.05) is 11.9 Å². The van der Waals surface area contributed by atoms with Gasteiger partial charge in [0.2, 0.25) is 5.91 Å². The maximum atomic E-state index is 12.4. The van der Waals surface area contributed by atoms with Crippen LogP contribution in [0.15, 0.2) is 24.3 Å². The third-order valence-corrected chi connectivity index (χ3v) is 3.71. The van der Waals surface area contributed by atoms with Gasteiger partial charge in [-0.05, 0) is 51.0 Å². The lowest BCUT2D eigenvalue weighted by Gasteiger charge is -2.28. The molecule has 20 heavy (non-hydrogen) atoms. The van der Waals surface area contributed by atoms with Gasteiger partial charge in [-0.15, -0.1) is 0 Å². The average Bonchev–Trinajstić information content (AvgIpc) is 2.43. The van der Waals surface area contributed by atoms with Crippen LogP contribution in [0.25, 0.3) is 0 Å². The molecule has 0 fully saturated rings. The van der Waals surface area contributed by atoms with Crippen molar-refractivity contribution in [1.82, 2.24) is 0 Å². The second-order valence-electron chi connectivity index (χ2n) is 5.34. The quantitative estimate of drug-likeness (QED) is 0.805. The maximum absolute atomic E-state index is 12.4. The number of amides is 1. The SMILES string of the molecule is CCC(CC)(CN)C(=O)Nc1ccc(OC(C)C)cc1. The average molecular weight is 278 g/mol. The predicted octanol–water partition coefficient (Wildman–Crippen LogP) is 3.18. The zero-order chi connectivity index (χ0) is 15.2. The van der Waals surface area contributed by atoms with E-state index in [1.165, 1.54) is 0 Å². The molecule has 3 N–H and O–H groups in total. The largest absolute Gasteiger partial charge is 0.491 e. The first-order chi connectivity index (χ1) is 9.47. The number of benzene rings is 1. The minimum Gasteiger partial charge on any atom is -0.491 e. The molecule has 4 nitrogen and oxygen atoms in total. The molecule has 112 valence electrons. The molecule has 0 spiro atoms. The molecule has 0 heterocycles. The molecule has 0 aliphatic heterocycles. The molecule has 0 radical (unpaired) electrons. The summed E-state index contributed by atoms with van der Waals surface area (Å²) in [6.07, 6.45) is 1.61. The van der Waals surface area contributed by atoms with E-state index in [1.54, 1.807) is 0 Å². The summed E-state index contributed by atoms with van der Waals surface area (Å²) < 4.78 is 5.57. The molecule has 0 atom stereocenters. The number of carbonyl (C=O) groups is 1. The normalized spacial score (nSPS) is 11.5. The number of anilines is 1. The first-order valence-electron chi connectivity index (χ1n) is 7.25. The van der Waals surface area contributed by atoms with Crippen LogP contribution in [-0.4, -0.2) is 18.6 Å². The molecule has 0 bridgehead atoms. The van der Waals surface area contributed by atoms with Crippen molar-refractivity contribution in [1.29, 1.82) is 0 Å². The molecule has 0 aliphatic carbocycles. The van der Waals surface area contributed by atoms with E-state index in [4.69, 9.17) is 10.5 Å². The lowest BCUT2D eigenvalue weighted by atomic mass is 9.81. The highest BCUT2D eigenvalue weighted by Crippen LogP contribution is 2.27.